The molecule has 0 spiro atoms. The SMILES string of the molecule is CCCn1c(=O)n(C)c(=O)c2[nH]c(-c3ccc(S(=O)(=O)NCc4ccc(OC)nc4)cc3)cc21. The number of sulfonamides is 1. The van der Waals surface area contributed by atoms with Gasteiger partial charge in [0.1, 0.15) is 5.52 Å². The Hall–Kier alpha value is -3.70. The Morgan fingerprint density at radius 2 is 1.85 bits per heavy atom. The number of ether oxygens (including phenoxy) is 1. The second-order valence-corrected chi connectivity index (χ2v) is 9.57. The first kappa shape index (κ1) is 23.5. The van der Waals surface area contributed by atoms with Crippen molar-refractivity contribution in [1.82, 2.24) is 23.8 Å². The smallest absolute Gasteiger partial charge is 0.331 e. The maximum atomic E-state index is 12.7. The Morgan fingerprint density at radius 3 is 2.47 bits per heavy atom. The van der Waals surface area contributed by atoms with E-state index in [1.54, 1.807) is 41.1 Å². The summed E-state index contributed by atoms with van der Waals surface area (Å²) in [4.78, 5) is 32.4. The van der Waals surface area contributed by atoms with Crippen molar-refractivity contribution < 1.29 is 13.2 Å². The van der Waals surface area contributed by atoms with E-state index in [-0.39, 0.29) is 17.1 Å². The van der Waals surface area contributed by atoms with Gasteiger partial charge in [-0.2, -0.15) is 0 Å². The second kappa shape index (κ2) is 9.27. The van der Waals surface area contributed by atoms with Gasteiger partial charge in [-0.25, -0.2) is 22.9 Å². The lowest BCUT2D eigenvalue weighted by atomic mass is 10.1. The minimum absolute atomic E-state index is 0.0847. The van der Waals surface area contributed by atoms with E-state index in [2.05, 4.69) is 14.7 Å². The Morgan fingerprint density at radius 1 is 1.12 bits per heavy atom. The van der Waals surface area contributed by atoms with Crippen LogP contribution in [0.5, 0.6) is 5.88 Å². The summed E-state index contributed by atoms with van der Waals surface area (Å²) in [6.07, 6.45) is 2.28. The Bertz CT molecular complexity index is 1550. The van der Waals surface area contributed by atoms with Crippen molar-refractivity contribution in [2.45, 2.75) is 31.3 Å². The maximum Gasteiger partial charge on any atom is 0.331 e. The van der Waals surface area contributed by atoms with E-state index >= 15 is 0 Å². The third-order valence-corrected chi connectivity index (χ3v) is 6.94. The van der Waals surface area contributed by atoms with Gasteiger partial charge in [-0.3, -0.25) is 13.9 Å². The molecule has 2 N–H and O–H groups in total. The molecular formula is C23H25N5O5S. The fraction of sp³-hybridized carbons (Fsp3) is 0.261. The van der Waals surface area contributed by atoms with Gasteiger partial charge in [0.25, 0.3) is 5.56 Å². The number of nitrogens with zero attached hydrogens (tertiary/aromatic N) is 3. The minimum Gasteiger partial charge on any atom is -0.481 e. The van der Waals surface area contributed by atoms with Crippen LogP contribution in [0.25, 0.3) is 22.3 Å². The van der Waals surface area contributed by atoms with E-state index in [0.717, 1.165) is 11.0 Å². The van der Waals surface area contributed by atoms with Crippen LogP contribution in [-0.2, 0) is 30.2 Å². The summed E-state index contributed by atoms with van der Waals surface area (Å²) < 4.78 is 35.6. The van der Waals surface area contributed by atoms with E-state index in [1.807, 2.05) is 6.92 Å². The Kier molecular flexibility index (Phi) is 6.40. The minimum atomic E-state index is -3.75. The van der Waals surface area contributed by atoms with Gasteiger partial charge in [0.2, 0.25) is 15.9 Å². The van der Waals surface area contributed by atoms with Crippen LogP contribution in [0, 0.1) is 0 Å². The fourth-order valence-corrected chi connectivity index (χ4v) is 4.68. The first-order valence-corrected chi connectivity index (χ1v) is 12.1. The van der Waals surface area contributed by atoms with E-state index in [1.165, 1.54) is 26.3 Å². The Labute approximate surface area is 195 Å². The number of fused-ring (bicyclic) bond motifs is 1. The lowest BCUT2D eigenvalue weighted by Gasteiger charge is -2.08. The lowest BCUT2D eigenvalue weighted by molar-refractivity contribution is 0.397. The molecule has 4 aromatic rings. The van der Waals surface area contributed by atoms with Crippen LogP contribution in [0.2, 0.25) is 0 Å². The summed E-state index contributed by atoms with van der Waals surface area (Å²) in [5.41, 5.74) is 2.07. The molecule has 3 aromatic heterocycles. The van der Waals surface area contributed by atoms with E-state index in [4.69, 9.17) is 4.74 Å². The van der Waals surface area contributed by atoms with Gasteiger partial charge in [0.05, 0.1) is 17.5 Å². The molecule has 0 saturated heterocycles. The van der Waals surface area contributed by atoms with Gasteiger partial charge in [-0.15, -0.1) is 0 Å². The van der Waals surface area contributed by atoms with Crippen LogP contribution in [0.4, 0.5) is 0 Å². The molecule has 10 nitrogen and oxygen atoms in total. The predicted octanol–water partition coefficient (Wildman–Crippen LogP) is 1.99. The number of nitrogens with one attached hydrogen (secondary N) is 2. The Balaban J connectivity index is 1.60. The monoisotopic (exact) mass is 483 g/mol. The molecule has 0 radical (unpaired) electrons. The number of hydrogen-bond acceptors (Lipinski definition) is 6. The van der Waals surface area contributed by atoms with Crippen LogP contribution in [0.15, 0.2) is 63.1 Å². The quantitative estimate of drug-likeness (QED) is 0.394. The van der Waals surface area contributed by atoms with Crippen molar-refractivity contribution in [3.63, 3.8) is 0 Å². The maximum absolute atomic E-state index is 12.7. The van der Waals surface area contributed by atoms with Crippen LogP contribution < -0.4 is 20.7 Å². The molecule has 0 bridgehead atoms. The van der Waals surface area contributed by atoms with Crippen LogP contribution in [0.1, 0.15) is 18.9 Å². The van der Waals surface area contributed by atoms with E-state index < -0.39 is 15.6 Å². The number of aryl methyl sites for hydroxylation is 1. The molecule has 34 heavy (non-hydrogen) atoms. The zero-order chi connectivity index (χ0) is 24.5. The predicted molar refractivity (Wildman–Crippen MR) is 128 cm³/mol. The molecule has 1 aromatic carbocycles. The molecule has 0 saturated carbocycles. The summed E-state index contributed by atoms with van der Waals surface area (Å²) in [7, 11) is -0.790. The third kappa shape index (κ3) is 4.39. The number of benzene rings is 1. The van der Waals surface area contributed by atoms with Gasteiger partial charge < -0.3 is 9.72 Å². The number of H-pyrrole nitrogens is 1. The highest BCUT2D eigenvalue weighted by atomic mass is 32.2. The van der Waals surface area contributed by atoms with Gasteiger partial charge >= 0.3 is 5.69 Å². The molecule has 0 fully saturated rings. The van der Waals surface area contributed by atoms with Crippen LogP contribution in [-0.4, -0.2) is 34.6 Å². The number of aromatic amines is 1. The molecule has 3 heterocycles. The molecule has 4 rings (SSSR count). The number of pyridine rings is 1. The van der Waals surface area contributed by atoms with Gasteiger partial charge in [-0.1, -0.05) is 25.1 Å². The molecule has 0 amide bonds. The first-order chi connectivity index (χ1) is 16.2. The molecule has 0 aliphatic rings. The van der Waals surface area contributed by atoms with E-state index in [0.29, 0.717) is 40.3 Å². The van der Waals surface area contributed by atoms with Crippen molar-refractivity contribution in [3.05, 3.63) is 75.1 Å². The zero-order valence-corrected chi connectivity index (χ0v) is 19.8. The zero-order valence-electron chi connectivity index (χ0n) is 19.0. The summed E-state index contributed by atoms with van der Waals surface area (Å²) in [5, 5.41) is 0. The number of methoxy groups -OCH3 is 1. The highest BCUT2D eigenvalue weighted by Gasteiger charge is 2.17. The molecule has 0 aliphatic heterocycles. The summed E-state index contributed by atoms with van der Waals surface area (Å²) in [6.45, 7) is 2.52. The van der Waals surface area contributed by atoms with Gasteiger partial charge in [0, 0.05) is 38.1 Å². The molecule has 178 valence electrons. The highest BCUT2D eigenvalue weighted by Crippen LogP contribution is 2.24. The highest BCUT2D eigenvalue weighted by molar-refractivity contribution is 7.89. The fourth-order valence-electron chi connectivity index (χ4n) is 3.67. The average Bonchev–Trinajstić information content (AvgIpc) is 3.30. The standard InChI is InChI=1S/C23H25N5O5S/c1-4-11-28-19-12-18(26-21(19)22(29)27(2)23(28)30)16-6-8-17(9-7-16)34(31,32)25-14-15-5-10-20(33-3)24-13-15/h5-10,12-13,25-26H,4,11,14H2,1-3H3. The molecule has 0 atom stereocenters. The first-order valence-electron chi connectivity index (χ1n) is 10.7. The normalized spacial score (nSPS) is 11.7. The second-order valence-electron chi connectivity index (χ2n) is 7.80. The topological polar surface area (TPSA) is 128 Å². The van der Waals surface area contributed by atoms with Crippen molar-refractivity contribution in [2.75, 3.05) is 7.11 Å². The largest absolute Gasteiger partial charge is 0.481 e. The van der Waals surface area contributed by atoms with Crippen LogP contribution >= 0.6 is 0 Å². The van der Waals surface area contributed by atoms with Crippen molar-refractivity contribution in [3.8, 4) is 17.1 Å². The average molecular weight is 484 g/mol. The van der Waals surface area contributed by atoms with Gasteiger partial charge in [0.15, 0.2) is 0 Å². The van der Waals surface area contributed by atoms with E-state index in [9.17, 15) is 18.0 Å². The number of aromatic nitrogens is 4. The molecular weight excluding hydrogens is 458 g/mol. The van der Waals surface area contributed by atoms with Gasteiger partial charge in [-0.05, 0) is 35.7 Å². The lowest BCUT2D eigenvalue weighted by Crippen LogP contribution is -2.38. The van der Waals surface area contributed by atoms with Crippen LogP contribution in [0.3, 0.4) is 0 Å². The number of rotatable bonds is 8. The van der Waals surface area contributed by atoms with Crippen molar-refractivity contribution in [1.29, 1.82) is 0 Å². The molecule has 11 heteroatoms. The summed E-state index contributed by atoms with van der Waals surface area (Å²) in [5.74, 6) is 0.448. The third-order valence-electron chi connectivity index (χ3n) is 5.52. The number of hydrogen-bond donors (Lipinski definition) is 2. The van der Waals surface area contributed by atoms with Crippen molar-refractivity contribution >= 4 is 21.1 Å². The summed E-state index contributed by atoms with van der Waals surface area (Å²) >= 11 is 0. The molecule has 0 aliphatic carbocycles. The molecule has 0 unspecified atom stereocenters. The van der Waals surface area contributed by atoms with Crippen molar-refractivity contribution in [2.24, 2.45) is 7.05 Å². The summed E-state index contributed by atoms with van der Waals surface area (Å²) in [6, 6.07) is 11.4.